The minimum Gasteiger partial charge on any atom is -0.456 e. The van der Waals surface area contributed by atoms with Gasteiger partial charge in [0.2, 0.25) is 0 Å². The predicted molar refractivity (Wildman–Crippen MR) is 268 cm³/mol. The summed E-state index contributed by atoms with van der Waals surface area (Å²) in [6, 6.07) is 19.1. The zero-order valence-electron chi connectivity index (χ0n) is 41.7. The number of esters is 2. The molecule has 0 radical (unpaired) electrons. The highest BCUT2D eigenvalue weighted by atomic mass is 127. The first-order chi connectivity index (χ1) is 31.8. The van der Waals surface area contributed by atoms with Crippen molar-refractivity contribution in [1.29, 1.82) is 0 Å². The van der Waals surface area contributed by atoms with E-state index in [0.29, 0.717) is 25.3 Å². The second kappa shape index (κ2) is 20.2. The van der Waals surface area contributed by atoms with Crippen LogP contribution in [0, 0.1) is 23.2 Å². The van der Waals surface area contributed by atoms with E-state index in [9.17, 15) is 29.7 Å². The quantitative estimate of drug-likeness (QED) is 0.0690. The van der Waals surface area contributed by atoms with E-state index in [1.54, 1.807) is 43.4 Å². The average Bonchev–Trinajstić information content (AvgIpc) is 3.92. The molecule has 2 aromatic heterocycles. The van der Waals surface area contributed by atoms with Gasteiger partial charge in [-0.2, -0.15) is 0 Å². The number of ether oxygens (including phenoxy) is 4. The van der Waals surface area contributed by atoms with Crippen molar-refractivity contribution in [3.05, 3.63) is 72.1 Å². The zero-order chi connectivity index (χ0) is 49.8. The van der Waals surface area contributed by atoms with Gasteiger partial charge in [0.15, 0.2) is 22.3 Å². The van der Waals surface area contributed by atoms with Crippen LogP contribution in [-0.2, 0) is 52.7 Å². The smallest absolute Gasteiger partial charge is 0.317 e. The number of Topliss-reactive ketones (excluding diaryl/α,β-unsaturated/α-hetero) is 1. The van der Waals surface area contributed by atoms with E-state index in [4.69, 9.17) is 23.4 Å². The summed E-state index contributed by atoms with van der Waals surface area (Å²) in [7, 11) is 5.62. The number of hydrogen-bond donors (Lipinski definition) is 3. The Hall–Kier alpha value is -3.68. The molecule has 7 rings (SSSR count). The molecule has 68 heavy (non-hydrogen) atoms. The van der Waals surface area contributed by atoms with Crippen molar-refractivity contribution in [1.82, 2.24) is 14.4 Å². The van der Waals surface area contributed by atoms with Crippen molar-refractivity contribution < 1.29 is 53.1 Å². The number of hydrogen-bond acceptors (Lipinski definition) is 13. The highest BCUT2D eigenvalue weighted by Gasteiger charge is 2.51. The van der Waals surface area contributed by atoms with Gasteiger partial charge in [-0.25, -0.2) is 0 Å². The summed E-state index contributed by atoms with van der Waals surface area (Å²) in [5.41, 5.74) is 1.88. The Bertz CT molecular complexity index is 2410. The molecular formula is C53H72IN3O11. The lowest BCUT2D eigenvalue weighted by molar-refractivity contribution is -0.296. The number of ketones is 1. The van der Waals surface area contributed by atoms with Crippen molar-refractivity contribution in [2.45, 2.75) is 153 Å². The molecule has 14 nitrogen and oxygen atoms in total. The Labute approximate surface area is 414 Å². The third-order valence-corrected chi connectivity index (χ3v) is 16.2. The number of halogens is 1. The van der Waals surface area contributed by atoms with E-state index < -0.39 is 75.5 Å². The van der Waals surface area contributed by atoms with E-state index in [1.807, 2.05) is 93.3 Å². The van der Waals surface area contributed by atoms with Crippen molar-refractivity contribution in [2.24, 2.45) is 23.2 Å². The largest absolute Gasteiger partial charge is 0.456 e. The number of furan rings is 1. The maximum atomic E-state index is 14.9. The molecule has 0 spiro atoms. The number of fused-ring (bicyclic) bond motifs is 2. The molecule has 13 atom stereocenters. The number of aromatic nitrogens is 1. The first kappa shape index (κ1) is 52.2. The molecule has 0 amide bonds. The molecule has 3 N–H and O–H groups in total. The second-order valence-electron chi connectivity index (χ2n) is 21.5. The Kier molecular flexibility index (Phi) is 15.5. The van der Waals surface area contributed by atoms with Crippen LogP contribution in [0.3, 0.4) is 0 Å². The number of cyclic esters (lactones) is 1. The number of nitrogens with zero attached hydrogens (tertiary/aromatic N) is 3. The number of para-hydroxylation sites is 1. The van der Waals surface area contributed by atoms with E-state index in [2.05, 4.69) is 30.5 Å². The van der Waals surface area contributed by atoms with Crippen molar-refractivity contribution in [2.75, 3.05) is 27.7 Å². The summed E-state index contributed by atoms with van der Waals surface area (Å²) in [5.74, 6) is -3.95. The van der Waals surface area contributed by atoms with Crippen molar-refractivity contribution >= 4 is 51.3 Å². The predicted octanol–water partition coefficient (Wildman–Crippen LogP) is 7.42. The SMILES string of the molecule is C[C@H]1CN(C)[C@H](C)[C@@H](O)[C@](C)(O)[C@@H](I)OC(=O)[C@H](C)C(=O)[C@H](C)[C@@H](O[C@@H]2O[C@H](C)C[C@H](N(C)C)[C@H]2OC(=O)Cc2c(-c3cc4ccccc4o3)c(-c3ccccc3)c3n2CC(C)(C)C3)[C@](C)(O)C1. The summed E-state index contributed by atoms with van der Waals surface area (Å²) in [4.78, 5) is 46.8. The molecule has 5 heterocycles. The van der Waals surface area contributed by atoms with Crippen LogP contribution >= 0.6 is 22.6 Å². The lowest BCUT2D eigenvalue weighted by atomic mass is 9.78. The highest BCUT2D eigenvalue weighted by Crippen LogP contribution is 2.48. The van der Waals surface area contributed by atoms with Crippen LogP contribution in [0.2, 0.25) is 0 Å². The van der Waals surface area contributed by atoms with Crippen LogP contribution in [0.4, 0.5) is 0 Å². The van der Waals surface area contributed by atoms with Crippen LogP contribution in [-0.4, -0.2) is 133 Å². The second-order valence-corrected chi connectivity index (χ2v) is 22.7. The van der Waals surface area contributed by atoms with Crippen LogP contribution in [0.1, 0.15) is 86.5 Å². The third kappa shape index (κ3) is 10.7. The number of alkyl halides is 1. The molecule has 0 bridgehead atoms. The number of rotatable bonds is 8. The van der Waals surface area contributed by atoms with Crippen LogP contribution in [0.15, 0.2) is 65.1 Å². The highest BCUT2D eigenvalue weighted by molar-refractivity contribution is 14.1. The van der Waals surface area contributed by atoms with Crippen LogP contribution < -0.4 is 0 Å². The Morgan fingerprint density at radius 1 is 0.956 bits per heavy atom. The van der Waals surface area contributed by atoms with Gasteiger partial charge < -0.3 is 53.1 Å². The summed E-state index contributed by atoms with van der Waals surface area (Å²) >= 11 is 1.77. The first-order valence-electron chi connectivity index (χ1n) is 24.0. The summed E-state index contributed by atoms with van der Waals surface area (Å²) in [6.07, 6.45) is -3.87. The van der Waals surface area contributed by atoms with Gasteiger partial charge in [0.05, 0.1) is 30.3 Å². The molecule has 4 aromatic rings. The fourth-order valence-electron chi connectivity index (χ4n) is 10.9. The fraction of sp³-hybridized carbons (Fsp3) is 0.604. The standard InChI is InChI=1S/C53H72IN3O11/c1-29-25-52(8,62)47(31(3)44(59)32(4)48(61)68-50(54)53(9,63)46(60)33(5)56(12)27-29)67-49-45(37(55(10)11)22-30(2)64-49)66-41(58)24-36-43(40-23-35-20-16-17-21-39(35)65-40)42(34-18-14-13-15-19-34)38-26-51(6,7)28-57(36)38/h13-21,23,29-33,37,45-47,49-50,60,62-63H,22,24-28H2,1-12H3/t29-,30-,31+,32-,33-,37+,45-,46-,47-,49+,50+,52-,53+/m1/s1. The maximum absolute atomic E-state index is 14.9. The Balaban J connectivity index is 1.26. The minimum atomic E-state index is -1.86. The van der Waals surface area contributed by atoms with Crippen molar-refractivity contribution in [3.8, 4) is 22.5 Å². The van der Waals surface area contributed by atoms with E-state index in [0.717, 1.165) is 45.5 Å². The topological polar surface area (TPSA) is 173 Å². The Morgan fingerprint density at radius 2 is 1.62 bits per heavy atom. The number of likely N-dealkylation sites (N-methyl/N-ethyl adjacent to an activating group) is 2. The van der Waals surface area contributed by atoms with Crippen molar-refractivity contribution in [3.63, 3.8) is 0 Å². The monoisotopic (exact) mass is 1050 g/mol. The molecule has 0 unspecified atom stereocenters. The average molecular weight is 1050 g/mol. The lowest BCUT2D eigenvalue weighted by Gasteiger charge is -2.46. The molecule has 0 aliphatic carbocycles. The Morgan fingerprint density at radius 3 is 2.28 bits per heavy atom. The molecular weight excluding hydrogens is 981 g/mol. The zero-order valence-corrected chi connectivity index (χ0v) is 43.9. The van der Waals surface area contributed by atoms with Gasteiger partial charge in [0.25, 0.3) is 0 Å². The summed E-state index contributed by atoms with van der Waals surface area (Å²) in [5, 5.41) is 36.3. The van der Waals surface area contributed by atoms with Gasteiger partial charge in [-0.3, -0.25) is 14.4 Å². The molecule has 3 aliphatic rings. The normalized spacial score (nSPS) is 34.3. The summed E-state index contributed by atoms with van der Waals surface area (Å²) in [6.45, 7) is 17.2. The van der Waals surface area contributed by atoms with Gasteiger partial charge in [0.1, 0.15) is 29.0 Å². The van der Waals surface area contributed by atoms with Gasteiger partial charge >= 0.3 is 11.9 Å². The van der Waals surface area contributed by atoms with E-state index in [1.165, 1.54) is 13.8 Å². The molecule has 0 saturated carbocycles. The number of carbonyl (C=O) groups excluding carboxylic acids is 3. The van der Waals surface area contributed by atoms with Gasteiger partial charge in [-0.05, 0) is 127 Å². The fourth-order valence-corrected chi connectivity index (χ4v) is 11.6. The molecule has 2 aromatic carbocycles. The number of aliphatic hydroxyl groups is 3. The van der Waals surface area contributed by atoms with Gasteiger partial charge in [-0.1, -0.05) is 76.2 Å². The molecule has 3 aliphatic heterocycles. The lowest BCUT2D eigenvalue weighted by Crippen LogP contribution is -2.60. The van der Waals surface area contributed by atoms with E-state index in [-0.39, 0.29) is 36.3 Å². The number of carbonyl (C=O) groups is 3. The third-order valence-electron chi connectivity index (χ3n) is 14.6. The molecule has 2 saturated heterocycles. The van der Waals surface area contributed by atoms with E-state index >= 15 is 0 Å². The van der Waals surface area contributed by atoms with Gasteiger partial charge in [-0.15, -0.1) is 0 Å². The van der Waals surface area contributed by atoms with Crippen LogP contribution in [0.25, 0.3) is 33.4 Å². The van der Waals surface area contributed by atoms with Gasteiger partial charge in [0, 0.05) is 53.0 Å². The first-order valence-corrected chi connectivity index (χ1v) is 25.2. The number of aliphatic hydroxyl groups excluding tert-OH is 1. The molecule has 15 heteroatoms. The minimum absolute atomic E-state index is 0.0829. The maximum Gasteiger partial charge on any atom is 0.317 e. The number of benzene rings is 2. The molecule has 2 fully saturated rings. The molecule has 372 valence electrons. The van der Waals surface area contributed by atoms with Crippen LogP contribution in [0.5, 0.6) is 0 Å². The summed E-state index contributed by atoms with van der Waals surface area (Å²) < 4.78 is 33.4.